The van der Waals surface area contributed by atoms with Gasteiger partial charge in [0.25, 0.3) is 0 Å². The lowest BCUT2D eigenvalue weighted by Gasteiger charge is -2.14. The van der Waals surface area contributed by atoms with Gasteiger partial charge in [0, 0.05) is 6.07 Å². The summed E-state index contributed by atoms with van der Waals surface area (Å²) in [6, 6.07) is 11.8. The second kappa shape index (κ2) is 9.54. The largest absolute Gasteiger partial charge is 0.490 e. The van der Waals surface area contributed by atoms with Gasteiger partial charge in [-0.05, 0) is 32.0 Å². The molecule has 0 saturated carbocycles. The summed E-state index contributed by atoms with van der Waals surface area (Å²) in [6.45, 7) is 4.09. The van der Waals surface area contributed by atoms with E-state index < -0.39 is 5.97 Å². The van der Waals surface area contributed by atoms with Gasteiger partial charge in [-0.25, -0.2) is 4.79 Å². The fraction of sp³-hybridized carbons (Fsp3) is 0.263. The SMILES string of the molecule is CCOc1ccccc1OCC(=O)Oc1c(Cl)cc(C#N)cc1OCC. The van der Waals surface area contributed by atoms with Gasteiger partial charge < -0.3 is 18.9 Å². The van der Waals surface area contributed by atoms with E-state index in [1.54, 1.807) is 31.2 Å². The minimum absolute atomic E-state index is 0.0548. The van der Waals surface area contributed by atoms with Crippen molar-refractivity contribution in [3.8, 4) is 29.1 Å². The molecule has 0 radical (unpaired) electrons. The zero-order valence-electron chi connectivity index (χ0n) is 14.5. The van der Waals surface area contributed by atoms with Crippen molar-refractivity contribution in [1.82, 2.24) is 0 Å². The molecule has 0 bridgehead atoms. The summed E-state index contributed by atoms with van der Waals surface area (Å²) in [5.74, 6) is 0.583. The number of halogens is 1. The fourth-order valence-electron chi connectivity index (χ4n) is 2.12. The van der Waals surface area contributed by atoms with Crippen LogP contribution in [0.1, 0.15) is 19.4 Å². The molecule has 0 fully saturated rings. The first-order chi connectivity index (χ1) is 12.6. The van der Waals surface area contributed by atoms with Crippen molar-refractivity contribution < 1.29 is 23.7 Å². The maximum atomic E-state index is 12.2. The van der Waals surface area contributed by atoms with E-state index in [0.29, 0.717) is 30.3 Å². The van der Waals surface area contributed by atoms with Crippen LogP contribution in [0, 0.1) is 11.3 Å². The molecule has 0 aliphatic rings. The van der Waals surface area contributed by atoms with Crippen LogP contribution in [0.25, 0.3) is 0 Å². The molecule has 136 valence electrons. The zero-order chi connectivity index (χ0) is 18.9. The van der Waals surface area contributed by atoms with Crippen molar-refractivity contribution in [2.24, 2.45) is 0 Å². The third kappa shape index (κ3) is 5.04. The summed E-state index contributed by atoms with van der Waals surface area (Å²) in [4.78, 5) is 12.2. The number of nitrogens with zero attached hydrogens (tertiary/aromatic N) is 1. The summed E-state index contributed by atoms with van der Waals surface area (Å²) in [7, 11) is 0. The first kappa shape index (κ1) is 19.4. The number of nitriles is 1. The molecule has 6 nitrogen and oxygen atoms in total. The summed E-state index contributed by atoms with van der Waals surface area (Å²) >= 11 is 6.11. The lowest BCUT2D eigenvalue weighted by atomic mass is 10.2. The highest BCUT2D eigenvalue weighted by atomic mass is 35.5. The average Bonchev–Trinajstić information content (AvgIpc) is 2.64. The van der Waals surface area contributed by atoms with Gasteiger partial charge in [0.05, 0.1) is 29.9 Å². The minimum atomic E-state index is -0.663. The number of carbonyl (C=O) groups excluding carboxylic acids is 1. The standard InChI is InChI=1S/C19H18ClNO5/c1-3-23-15-7-5-6-8-16(15)25-12-18(22)26-19-14(20)9-13(11-21)10-17(19)24-4-2/h5-10H,3-4,12H2,1-2H3. The Hall–Kier alpha value is -2.91. The number of rotatable bonds is 8. The van der Waals surface area contributed by atoms with Gasteiger partial charge in [-0.2, -0.15) is 5.26 Å². The number of para-hydroxylation sites is 2. The number of carbonyl (C=O) groups is 1. The Balaban J connectivity index is 2.10. The van der Waals surface area contributed by atoms with E-state index >= 15 is 0 Å². The molecule has 26 heavy (non-hydrogen) atoms. The van der Waals surface area contributed by atoms with Gasteiger partial charge in [-0.15, -0.1) is 0 Å². The van der Waals surface area contributed by atoms with Crippen molar-refractivity contribution >= 4 is 17.6 Å². The molecule has 2 aromatic rings. The van der Waals surface area contributed by atoms with Gasteiger partial charge in [0.2, 0.25) is 0 Å². The van der Waals surface area contributed by atoms with E-state index in [1.807, 2.05) is 13.0 Å². The lowest BCUT2D eigenvalue weighted by molar-refractivity contribution is -0.136. The van der Waals surface area contributed by atoms with Gasteiger partial charge in [-0.3, -0.25) is 0 Å². The number of ether oxygens (including phenoxy) is 4. The summed E-state index contributed by atoms with van der Waals surface area (Å²) in [5, 5.41) is 9.11. The highest BCUT2D eigenvalue weighted by molar-refractivity contribution is 6.32. The van der Waals surface area contributed by atoms with Crippen molar-refractivity contribution in [2.45, 2.75) is 13.8 Å². The molecule has 0 atom stereocenters. The van der Waals surface area contributed by atoms with Crippen molar-refractivity contribution in [1.29, 1.82) is 5.26 Å². The molecule has 2 rings (SSSR count). The Morgan fingerprint density at radius 1 is 1.04 bits per heavy atom. The van der Waals surface area contributed by atoms with Crippen LogP contribution in [0.4, 0.5) is 0 Å². The van der Waals surface area contributed by atoms with Crippen LogP contribution < -0.4 is 18.9 Å². The van der Waals surface area contributed by atoms with Gasteiger partial charge >= 0.3 is 5.97 Å². The number of hydrogen-bond donors (Lipinski definition) is 0. The third-order valence-electron chi connectivity index (χ3n) is 3.15. The fourth-order valence-corrected chi connectivity index (χ4v) is 2.37. The quantitative estimate of drug-likeness (QED) is 0.512. The van der Waals surface area contributed by atoms with Crippen LogP contribution in [-0.2, 0) is 4.79 Å². The first-order valence-electron chi connectivity index (χ1n) is 8.00. The molecule has 0 N–H and O–H groups in total. The highest BCUT2D eigenvalue weighted by Crippen LogP contribution is 2.36. The number of esters is 1. The zero-order valence-corrected chi connectivity index (χ0v) is 15.2. The summed E-state index contributed by atoms with van der Waals surface area (Å²) in [5.41, 5.74) is 0.306. The van der Waals surface area contributed by atoms with E-state index in [-0.39, 0.29) is 23.1 Å². The van der Waals surface area contributed by atoms with Crippen LogP contribution in [0.5, 0.6) is 23.0 Å². The molecule has 0 aliphatic carbocycles. The molecule has 0 aromatic heterocycles. The predicted octanol–water partition coefficient (Wildman–Crippen LogP) is 3.99. The van der Waals surface area contributed by atoms with Crippen LogP contribution >= 0.6 is 11.6 Å². The van der Waals surface area contributed by atoms with E-state index in [2.05, 4.69) is 0 Å². The van der Waals surface area contributed by atoms with E-state index in [4.69, 9.17) is 35.8 Å². The van der Waals surface area contributed by atoms with Crippen molar-refractivity contribution in [3.05, 3.63) is 47.0 Å². The van der Waals surface area contributed by atoms with Crippen LogP contribution in [0.3, 0.4) is 0 Å². The van der Waals surface area contributed by atoms with Crippen molar-refractivity contribution in [2.75, 3.05) is 19.8 Å². The molecule has 0 unspecified atom stereocenters. The van der Waals surface area contributed by atoms with Gasteiger partial charge in [0.1, 0.15) is 0 Å². The van der Waals surface area contributed by atoms with E-state index in [9.17, 15) is 4.79 Å². The average molecular weight is 376 g/mol. The van der Waals surface area contributed by atoms with E-state index in [1.165, 1.54) is 12.1 Å². The molecular formula is C19H18ClNO5. The van der Waals surface area contributed by atoms with Crippen molar-refractivity contribution in [3.63, 3.8) is 0 Å². The molecule has 7 heteroatoms. The van der Waals surface area contributed by atoms with Crippen LogP contribution in [-0.4, -0.2) is 25.8 Å². The molecular weight excluding hydrogens is 358 g/mol. The topological polar surface area (TPSA) is 77.8 Å². The lowest BCUT2D eigenvalue weighted by Crippen LogP contribution is -2.18. The molecule has 0 amide bonds. The summed E-state index contributed by atoms with van der Waals surface area (Å²) in [6.07, 6.45) is 0. The Morgan fingerprint density at radius 2 is 1.65 bits per heavy atom. The predicted molar refractivity (Wildman–Crippen MR) is 96.1 cm³/mol. The monoisotopic (exact) mass is 375 g/mol. The van der Waals surface area contributed by atoms with E-state index in [0.717, 1.165) is 0 Å². The Bertz CT molecular complexity index is 816. The second-order valence-electron chi connectivity index (χ2n) is 4.97. The number of benzene rings is 2. The Morgan fingerprint density at radius 3 is 2.27 bits per heavy atom. The van der Waals surface area contributed by atoms with Crippen LogP contribution in [0.15, 0.2) is 36.4 Å². The molecule has 0 saturated heterocycles. The number of hydrogen-bond acceptors (Lipinski definition) is 6. The third-order valence-corrected chi connectivity index (χ3v) is 3.43. The van der Waals surface area contributed by atoms with Crippen LogP contribution in [0.2, 0.25) is 5.02 Å². The smallest absolute Gasteiger partial charge is 0.349 e. The minimum Gasteiger partial charge on any atom is -0.490 e. The maximum absolute atomic E-state index is 12.2. The highest BCUT2D eigenvalue weighted by Gasteiger charge is 2.17. The first-order valence-corrected chi connectivity index (χ1v) is 8.38. The van der Waals surface area contributed by atoms with Gasteiger partial charge in [0.15, 0.2) is 29.6 Å². The Kier molecular flexibility index (Phi) is 7.12. The molecule has 2 aromatic carbocycles. The molecule has 0 spiro atoms. The Labute approximate surface area is 156 Å². The second-order valence-corrected chi connectivity index (χ2v) is 5.38. The van der Waals surface area contributed by atoms with Gasteiger partial charge in [-0.1, -0.05) is 23.7 Å². The maximum Gasteiger partial charge on any atom is 0.349 e. The molecule has 0 aliphatic heterocycles. The normalized spacial score (nSPS) is 9.92. The summed E-state index contributed by atoms with van der Waals surface area (Å²) < 4.78 is 21.6. The molecule has 0 heterocycles.